The molecule has 0 atom stereocenters. The number of benzene rings is 1. The predicted molar refractivity (Wildman–Crippen MR) is 81.5 cm³/mol. The van der Waals surface area contributed by atoms with E-state index in [1.54, 1.807) is 6.92 Å². The lowest BCUT2D eigenvalue weighted by atomic mass is 9.94. The average molecular weight is 276 g/mol. The van der Waals surface area contributed by atoms with Gasteiger partial charge in [0.25, 0.3) is 0 Å². The van der Waals surface area contributed by atoms with Crippen LogP contribution in [0.5, 0.6) is 5.75 Å². The first-order valence-electron chi connectivity index (χ1n) is 6.98. The van der Waals surface area contributed by atoms with E-state index in [1.165, 1.54) is 17.2 Å². The van der Waals surface area contributed by atoms with E-state index < -0.39 is 5.97 Å². The van der Waals surface area contributed by atoms with Crippen LogP contribution in [0.2, 0.25) is 0 Å². The van der Waals surface area contributed by atoms with Crippen molar-refractivity contribution in [1.82, 2.24) is 0 Å². The number of hydrogen-bond donors (Lipinski definition) is 1. The zero-order valence-electron chi connectivity index (χ0n) is 12.9. The van der Waals surface area contributed by atoms with E-state index in [9.17, 15) is 4.79 Å². The van der Waals surface area contributed by atoms with Gasteiger partial charge in [-0.25, -0.2) is 4.79 Å². The first-order valence-corrected chi connectivity index (χ1v) is 6.98. The van der Waals surface area contributed by atoms with E-state index in [1.807, 2.05) is 0 Å². The maximum Gasteiger partial charge on any atom is 0.328 e. The summed E-state index contributed by atoms with van der Waals surface area (Å²) in [6.07, 6.45) is 1.19. The molecule has 0 saturated carbocycles. The van der Waals surface area contributed by atoms with Crippen molar-refractivity contribution in [3.05, 3.63) is 41.0 Å². The van der Waals surface area contributed by atoms with E-state index in [0.29, 0.717) is 24.0 Å². The van der Waals surface area contributed by atoms with Crippen LogP contribution in [0.15, 0.2) is 29.8 Å². The highest BCUT2D eigenvalue weighted by molar-refractivity contribution is 5.80. The number of para-hydroxylation sites is 1. The Labute approximate surface area is 121 Å². The summed E-state index contributed by atoms with van der Waals surface area (Å²) in [6.45, 7) is 10.6. The van der Waals surface area contributed by atoms with Crippen LogP contribution in [-0.4, -0.2) is 17.7 Å². The molecule has 0 unspecified atom stereocenters. The number of ether oxygens (including phenoxy) is 1. The summed E-state index contributed by atoms with van der Waals surface area (Å²) in [5, 5.41) is 8.73. The molecule has 0 heterocycles. The van der Waals surface area contributed by atoms with Gasteiger partial charge in [0.1, 0.15) is 12.4 Å². The SMILES string of the molecule is CC(=CC(=O)O)COc1c(C(C)C)cccc1C(C)C. The molecule has 1 aromatic rings. The number of hydrogen-bond acceptors (Lipinski definition) is 2. The Kier molecular flexibility index (Phi) is 5.81. The van der Waals surface area contributed by atoms with Gasteiger partial charge < -0.3 is 9.84 Å². The third kappa shape index (κ3) is 4.41. The van der Waals surface area contributed by atoms with E-state index in [0.717, 1.165) is 5.75 Å². The van der Waals surface area contributed by atoms with Crippen molar-refractivity contribution in [3.8, 4) is 5.75 Å². The van der Waals surface area contributed by atoms with Gasteiger partial charge >= 0.3 is 5.97 Å². The monoisotopic (exact) mass is 276 g/mol. The second kappa shape index (κ2) is 7.13. The highest BCUT2D eigenvalue weighted by Crippen LogP contribution is 2.34. The quantitative estimate of drug-likeness (QED) is 0.786. The first kappa shape index (κ1) is 16.3. The van der Waals surface area contributed by atoms with Gasteiger partial charge in [0.15, 0.2) is 0 Å². The van der Waals surface area contributed by atoms with Gasteiger partial charge in [-0.15, -0.1) is 0 Å². The largest absolute Gasteiger partial charge is 0.489 e. The Balaban J connectivity index is 3.05. The van der Waals surface area contributed by atoms with Crippen molar-refractivity contribution in [3.63, 3.8) is 0 Å². The van der Waals surface area contributed by atoms with Crippen LogP contribution in [-0.2, 0) is 4.79 Å². The smallest absolute Gasteiger partial charge is 0.328 e. The summed E-state index contributed by atoms with van der Waals surface area (Å²) in [5.41, 5.74) is 3.03. The Morgan fingerprint density at radius 2 is 1.70 bits per heavy atom. The molecule has 1 rings (SSSR count). The third-order valence-corrected chi connectivity index (χ3v) is 3.13. The fourth-order valence-corrected chi connectivity index (χ4v) is 2.09. The fraction of sp³-hybridized carbons (Fsp3) is 0.471. The minimum atomic E-state index is -0.938. The lowest BCUT2D eigenvalue weighted by Gasteiger charge is -2.20. The van der Waals surface area contributed by atoms with Crippen LogP contribution in [0.1, 0.15) is 57.6 Å². The van der Waals surface area contributed by atoms with Crippen LogP contribution in [0.4, 0.5) is 0 Å². The molecule has 0 spiro atoms. The lowest BCUT2D eigenvalue weighted by molar-refractivity contribution is -0.131. The van der Waals surface area contributed by atoms with Crippen molar-refractivity contribution >= 4 is 5.97 Å². The molecule has 1 aromatic carbocycles. The van der Waals surface area contributed by atoms with E-state index in [-0.39, 0.29) is 0 Å². The Morgan fingerprint density at radius 3 is 2.10 bits per heavy atom. The van der Waals surface area contributed by atoms with Gasteiger partial charge in [0.05, 0.1) is 0 Å². The maximum atomic E-state index is 10.6. The molecule has 20 heavy (non-hydrogen) atoms. The minimum Gasteiger partial charge on any atom is -0.489 e. The molecule has 0 fully saturated rings. The molecule has 0 bridgehead atoms. The second-order valence-corrected chi connectivity index (χ2v) is 5.69. The van der Waals surface area contributed by atoms with Crippen LogP contribution < -0.4 is 4.74 Å². The number of carboxylic acids is 1. The number of aliphatic carboxylic acids is 1. The van der Waals surface area contributed by atoms with Gasteiger partial charge in [-0.05, 0) is 35.5 Å². The van der Waals surface area contributed by atoms with Crippen molar-refractivity contribution in [2.75, 3.05) is 6.61 Å². The molecule has 110 valence electrons. The predicted octanol–water partition coefficient (Wildman–Crippen LogP) is 4.34. The zero-order valence-corrected chi connectivity index (χ0v) is 12.9. The van der Waals surface area contributed by atoms with Crippen molar-refractivity contribution < 1.29 is 14.6 Å². The van der Waals surface area contributed by atoms with Gasteiger partial charge in [0.2, 0.25) is 0 Å². The molecule has 0 aliphatic rings. The summed E-state index contributed by atoms with van der Waals surface area (Å²) in [7, 11) is 0. The van der Waals surface area contributed by atoms with E-state index >= 15 is 0 Å². The molecular formula is C17H24O3. The Morgan fingerprint density at radius 1 is 1.20 bits per heavy atom. The van der Waals surface area contributed by atoms with Crippen LogP contribution in [0.25, 0.3) is 0 Å². The first-order chi connectivity index (χ1) is 9.32. The summed E-state index contributed by atoms with van der Waals surface area (Å²) in [5.74, 6) is 0.697. The summed E-state index contributed by atoms with van der Waals surface area (Å²) in [4.78, 5) is 10.6. The van der Waals surface area contributed by atoms with Crippen molar-refractivity contribution in [1.29, 1.82) is 0 Å². The topological polar surface area (TPSA) is 46.5 Å². The van der Waals surface area contributed by atoms with Gasteiger partial charge in [0, 0.05) is 6.08 Å². The Bertz CT molecular complexity index is 473. The average Bonchev–Trinajstić information content (AvgIpc) is 2.34. The molecule has 1 N–H and O–H groups in total. The summed E-state index contributed by atoms with van der Waals surface area (Å²) >= 11 is 0. The van der Waals surface area contributed by atoms with E-state index in [4.69, 9.17) is 9.84 Å². The van der Waals surface area contributed by atoms with Crippen molar-refractivity contribution in [2.45, 2.75) is 46.5 Å². The highest BCUT2D eigenvalue weighted by atomic mass is 16.5. The molecule has 0 radical (unpaired) electrons. The number of carboxylic acid groups (broad SMARTS) is 1. The third-order valence-electron chi connectivity index (χ3n) is 3.13. The Hall–Kier alpha value is -1.77. The molecule has 0 aliphatic carbocycles. The number of carbonyl (C=O) groups is 1. The number of rotatable bonds is 6. The summed E-state index contributed by atoms with van der Waals surface area (Å²) in [6, 6.07) is 6.20. The summed E-state index contributed by atoms with van der Waals surface area (Å²) < 4.78 is 5.92. The fourth-order valence-electron chi connectivity index (χ4n) is 2.09. The second-order valence-electron chi connectivity index (χ2n) is 5.69. The zero-order chi connectivity index (χ0) is 15.3. The van der Waals surface area contributed by atoms with Crippen LogP contribution in [0.3, 0.4) is 0 Å². The molecule has 0 amide bonds. The van der Waals surface area contributed by atoms with Crippen LogP contribution >= 0.6 is 0 Å². The minimum absolute atomic E-state index is 0.301. The van der Waals surface area contributed by atoms with Crippen molar-refractivity contribution in [2.24, 2.45) is 0 Å². The normalized spacial score (nSPS) is 12.1. The standard InChI is InChI=1S/C17H24O3/c1-11(2)14-7-6-8-15(12(3)4)17(14)20-10-13(5)9-16(18)19/h6-9,11-12H,10H2,1-5H3,(H,18,19). The maximum absolute atomic E-state index is 10.6. The molecule has 3 nitrogen and oxygen atoms in total. The molecule has 3 heteroatoms. The van der Waals surface area contributed by atoms with Gasteiger partial charge in [-0.1, -0.05) is 45.9 Å². The highest BCUT2D eigenvalue weighted by Gasteiger charge is 2.15. The lowest BCUT2D eigenvalue weighted by Crippen LogP contribution is -2.07. The van der Waals surface area contributed by atoms with E-state index in [2.05, 4.69) is 45.9 Å². The van der Waals surface area contributed by atoms with Gasteiger partial charge in [-0.2, -0.15) is 0 Å². The van der Waals surface area contributed by atoms with Crippen LogP contribution in [0, 0.1) is 0 Å². The van der Waals surface area contributed by atoms with Gasteiger partial charge in [-0.3, -0.25) is 0 Å². The molecule has 0 saturated heterocycles. The molecule has 0 aliphatic heterocycles. The molecular weight excluding hydrogens is 252 g/mol. The molecule has 0 aromatic heterocycles.